The number of hydrogen-bond acceptors (Lipinski definition) is 5. The molecule has 5 nitrogen and oxygen atoms in total. The van der Waals surface area contributed by atoms with Gasteiger partial charge < -0.3 is 14.8 Å². The molecule has 5 heteroatoms. The smallest absolute Gasteiger partial charge is 0.218 e. The molecule has 0 radical (unpaired) electrons. The summed E-state index contributed by atoms with van der Waals surface area (Å²) >= 11 is 0. The molecule has 0 unspecified atom stereocenters. The van der Waals surface area contributed by atoms with Crippen molar-refractivity contribution in [3.8, 4) is 5.88 Å². The highest BCUT2D eigenvalue weighted by Gasteiger charge is 2.02. The van der Waals surface area contributed by atoms with Gasteiger partial charge >= 0.3 is 0 Å². The molecular formula is C13H23N3O2. The molecule has 0 aromatic carbocycles. The van der Waals surface area contributed by atoms with E-state index in [0.717, 1.165) is 44.2 Å². The summed E-state index contributed by atoms with van der Waals surface area (Å²) < 4.78 is 10.8. The second kappa shape index (κ2) is 8.69. The zero-order valence-electron chi connectivity index (χ0n) is 11.5. The molecule has 0 saturated carbocycles. The first-order valence-corrected chi connectivity index (χ1v) is 6.56. The maximum absolute atomic E-state index is 5.51. The molecular weight excluding hydrogens is 230 g/mol. The highest BCUT2D eigenvalue weighted by Crippen LogP contribution is 2.13. The monoisotopic (exact) mass is 253 g/mol. The second-order valence-electron chi connectivity index (χ2n) is 3.96. The van der Waals surface area contributed by atoms with Crippen molar-refractivity contribution in [3.63, 3.8) is 0 Å². The summed E-state index contributed by atoms with van der Waals surface area (Å²) in [6, 6.07) is 1.84. The van der Waals surface area contributed by atoms with E-state index in [4.69, 9.17) is 9.47 Å². The second-order valence-corrected chi connectivity index (χ2v) is 3.96. The maximum atomic E-state index is 5.51. The van der Waals surface area contributed by atoms with Crippen LogP contribution in [0.1, 0.15) is 32.5 Å². The number of ether oxygens (including phenoxy) is 2. The largest absolute Gasteiger partial charge is 0.478 e. The van der Waals surface area contributed by atoms with E-state index in [9.17, 15) is 0 Å². The van der Waals surface area contributed by atoms with Crippen molar-refractivity contribution < 1.29 is 9.47 Å². The number of anilines is 1. The minimum Gasteiger partial charge on any atom is -0.478 e. The Morgan fingerprint density at radius 1 is 1.22 bits per heavy atom. The quantitative estimate of drug-likeness (QED) is 0.685. The van der Waals surface area contributed by atoms with E-state index in [1.165, 1.54) is 0 Å². The van der Waals surface area contributed by atoms with Crippen LogP contribution >= 0.6 is 0 Å². The van der Waals surface area contributed by atoms with Crippen LogP contribution in [0.15, 0.2) is 6.07 Å². The molecule has 0 aliphatic carbocycles. The lowest BCUT2D eigenvalue weighted by Gasteiger charge is -2.09. The van der Waals surface area contributed by atoms with Crippen LogP contribution in [0.25, 0.3) is 0 Å². The van der Waals surface area contributed by atoms with Gasteiger partial charge in [-0.05, 0) is 26.7 Å². The van der Waals surface area contributed by atoms with Gasteiger partial charge in [0.25, 0.3) is 0 Å². The van der Waals surface area contributed by atoms with Gasteiger partial charge in [-0.25, -0.2) is 4.98 Å². The Balaban J connectivity index is 2.41. The molecule has 102 valence electrons. The van der Waals surface area contributed by atoms with Crippen LogP contribution in [-0.4, -0.2) is 36.3 Å². The van der Waals surface area contributed by atoms with Crippen LogP contribution in [0.4, 0.5) is 5.82 Å². The van der Waals surface area contributed by atoms with Gasteiger partial charge in [0, 0.05) is 25.8 Å². The van der Waals surface area contributed by atoms with Crippen molar-refractivity contribution >= 4 is 5.82 Å². The molecule has 0 amide bonds. The minimum atomic E-state index is 0.636. The van der Waals surface area contributed by atoms with Crippen molar-refractivity contribution in [2.45, 2.75) is 33.6 Å². The summed E-state index contributed by atoms with van der Waals surface area (Å²) in [5.74, 6) is 2.16. The van der Waals surface area contributed by atoms with Crippen LogP contribution in [0.5, 0.6) is 5.88 Å². The highest BCUT2D eigenvalue weighted by molar-refractivity contribution is 5.38. The van der Waals surface area contributed by atoms with E-state index in [0.29, 0.717) is 12.5 Å². The van der Waals surface area contributed by atoms with E-state index in [1.807, 2.05) is 19.9 Å². The number of hydrogen-bond donors (Lipinski definition) is 1. The number of aryl methyl sites for hydroxylation is 1. The lowest BCUT2D eigenvalue weighted by atomic mass is 10.4. The van der Waals surface area contributed by atoms with Gasteiger partial charge in [0.2, 0.25) is 5.88 Å². The van der Waals surface area contributed by atoms with E-state index < -0.39 is 0 Å². The first-order valence-electron chi connectivity index (χ1n) is 6.56. The molecule has 18 heavy (non-hydrogen) atoms. The summed E-state index contributed by atoms with van der Waals surface area (Å²) in [4.78, 5) is 8.55. The lowest BCUT2D eigenvalue weighted by molar-refractivity contribution is 0.147. The predicted octanol–water partition coefficient (Wildman–Crippen LogP) is 2.41. The van der Waals surface area contributed by atoms with Gasteiger partial charge in [0.1, 0.15) is 11.6 Å². The van der Waals surface area contributed by atoms with Crippen molar-refractivity contribution in [1.82, 2.24) is 9.97 Å². The molecule has 0 atom stereocenters. The topological polar surface area (TPSA) is 56.3 Å². The molecule has 0 spiro atoms. The fourth-order valence-corrected chi connectivity index (χ4v) is 1.45. The maximum Gasteiger partial charge on any atom is 0.218 e. The van der Waals surface area contributed by atoms with E-state index in [2.05, 4.69) is 22.2 Å². The molecule has 0 aliphatic rings. The summed E-state index contributed by atoms with van der Waals surface area (Å²) in [7, 11) is 0. The van der Waals surface area contributed by atoms with Crippen molar-refractivity contribution in [3.05, 3.63) is 11.9 Å². The predicted molar refractivity (Wildman–Crippen MR) is 72.2 cm³/mol. The Morgan fingerprint density at radius 2 is 2.06 bits per heavy atom. The molecule has 1 aromatic rings. The fourth-order valence-electron chi connectivity index (χ4n) is 1.45. The van der Waals surface area contributed by atoms with E-state index in [-0.39, 0.29) is 0 Å². The third-order valence-corrected chi connectivity index (χ3v) is 2.24. The summed E-state index contributed by atoms with van der Waals surface area (Å²) in [6.45, 7) is 8.99. The van der Waals surface area contributed by atoms with Crippen molar-refractivity contribution in [2.24, 2.45) is 0 Å². The van der Waals surface area contributed by atoms with Gasteiger partial charge in [-0.15, -0.1) is 0 Å². The van der Waals surface area contributed by atoms with Crippen LogP contribution in [0, 0.1) is 6.92 Å². The Morgan fingerprint density at radius 3 is 2.78 bits per heavy atom. The minimum absolute atomic E-state index is 0.636. The molecule has 1 N–H and O–H groups in total. The van der Waals surface area contributed by atoms with Crippen LogP contribution in [0.2, 0.25) is 0 Å². The summed E-state index contributed by atoms with van der Waals surface area (Å²) in [5, 5.41) is 3.25. The summed E-state index contributed by atoms with van der Waals surface area (Å²) in [6.07, 6.45) is 1.93. The molecule has 0 fully saturated rings. The number of aromatic nitrogens is 2. The first kappa shape index (κ1) is 14.7. The number of rotatable bonds is 9. The van der Waals surface area contributed by atoms with Crippen LogP contribution < -0.4 is 10.1 Å². The Hall–Kier alpha value is -1.36. The molecule has 0 bridgehead atoms. The van der Waals surface area contributed by atoms with Gasteiger partial charge in [-0.3, -0.25) is 0 Å². The van der Waals surface area contributed by atoms with E-state index >= 15 is 0 Å². The van der Waals surface area contributed by atoms with Crippen molar-refractivity contribution in [1.29, 1.82) is 0 Å². The van der Waals surface area contributed by atoms with Gasteiger partial charge in [-0.1, -0.05) is 6.92 Å². The Kier molecular flexibility index (Phi) is 7.10. The van der Waals surface area contributed by atoms with Gasteiger partial charge in [0.15, 0.2) is 0 Å². The molecule has 1 rings (SSSR count). The molecule has 1 aromatic heterocycles. The Labute approximate surface area is 109 Å². The highest BCUT2D eigenvalue weighted by atomic mass is 16.5. The molecule has 0 saturated heterocycles. The van der Waals surface area contributed by atoms with Crippen LogP contribution in [-0.2, 0) is 4.74 Å². The normalized spacial score (nSPS) is 10.4. The SMILES string of the molecule is CCCOc1cc(NCCCOCC)nc(C)n1. The fraction of sp³-hybridized carbons (Fsp3) is 0.692. The third kappa shape index (κ3) is 5.82. The van der Waals surface area contributed by atoms with Crippen LogP contribution in [0.3, 0.4) is 0 Å². The third-order valence-electron chi connectivity index (χ3n) is 2.24. The zero-order chi connectivity index (χ0) is 13.2. The molecule has 0 aliphatic heterocycles. The molecule has 1 heterocycles. The standard InChI is InChI=1S/C13H23N3O2/c1-4-8-18-13-10-12(15-11(3)16-13)14-7-6-9-17-5-2/h10H,4-9H2,1-3H3,(H,14,15,16). The van der Waals surface area contributed by atoms with Gasteiger partial charge in [-0.2, -0.15) is 4.98 Å². The average molecular weight is 253 g/mol. The number of nitrogens with one attached hydrogen (secondary N) is 1. The van der Waals surface area contributed by atoms with Crippen molar-refractivity contribution in [2.75, 3.05) is 31.7 Å². The average Bonchev–Trinajstić information content (AvgIpc) is 2.35. The zero-order valence-corrected chi connectivity index (χ0v) is 11.5. The van der Waals surface area contributed by atoms with E-state index in [1.54, 1.807) is 0 Å². The first-order chi connectivity index (χ1) is 8.76. The summed E-state index contributed by atoms with van der Waals surface area (Å²) in [5.41, 5.74) is 0. The van der Waals surface area contributed by atoms with Gasteiger partial charge in [0.05, 0.1) is 6.61 Å². The lowest BCUT2D eigenvalue weighted by Crippen LogP contribution is -2.08. The Bertz CT molecular complexity index is 345. The number of nitrogens with zero attached hydrogens (tertiary/aromatic N) is 2.